The van der Waals surface area contributed by atoms with Gasteiger partial charge in [0.1, 0.15) is 6.07 Å². The summed E-state index contributed by atoms with van der Waals surface area (Å²) in [6.07, 6.45) is 7.69. The van der Waals surface area contributed by atoms with E-state index in [1.807, 2.05) is 12.1 Å². The van der Waals surface area contributed by atoms with Crippen LogP contribution in [0.1, 0.15) is 51.0 Å². The van der Waals surface area contributed by atoms with E-state index in [2.05, 4.69) is 18.3 Å². The number of nitriles is 1. The van der Waals surface area contributed by atoms with Crippen molar-refractivity contribution < 1.29 is 0 Å². The number of anilines is 2. The van der Waals surface area contributed by atoms with Crippen molar-refractivity contribution in [3.63, 3.8) is 0 Å². The molecule has 102 valence electrons. The van der Waals surface area contributed by atoms with Gasteiger partial charge >= 0.3 is 0 Å². The number of nitrogens with two attached hydrogens (primary N) is 1. The molecule has 0 spiro atoms. The molecule has 2 rings (SSSR count). The van der Waals surface area contributed by atoms with Crippen LogP contribution in [0.2, 0.25) is 0 Å². The number of benzene rings is 1. The number of nitrogens with one attached hydrogen (secondary N) is 1. The maximum atomic E-state index is 8.98. The molecule has 1 aliphatic carbocycles. The highest BCUT2D eigenvalue weighted by molar-refractivity contribution is 5.73. The zero-order valence-corrected chi connectivity index (χ0v) is 11.7. The van der Waals surface area contributed by atoms with Crippen molar-refractivity contribution in [2.75, 3.05) is 11.1 Å². The van der Waals surface area contributed by atoms with Crippen molar-refractivity contribution in [3.05, 3.63) is 23.8 Å². The van der Waals surface area contributed by atoms with Gasteiger partial charge in [-0.25, -0.2) is 0 Å². The van der Waals surface area contributed by atoms with E-state index in [0.29, 0.717) is 17.3 Å². The SMILES string of the molecule is CCCC1CCC(Nc2cccc(C#N)c2N)CC1. The molecule has 0 saturated heterocycles. The maximum absolute atomic E-state index is 8.98. The highest BCUT2D eigenvalue weighted by Gasteiger charge is 2.21. The van der Waals surface area contributed by atoms with Crippen molar-refractivity contribution in [2.24, 2.45) is 5.92 Å². The molecule has 19 heavy (non-hydrogen) atoms. The molecule has 1 fully saturated rings. The Morgan fingerprint density at radius 1 is 1.32 bits per heavy atom. The molecule has 1 aromatic carbocycles. The lowest BCUT2D eigenvalue weighted by Gasteiger charge is -2.30. The Balaban J connectivity index is 1.94. The van der Waals surface area contributed by atoms with Crippen LogP contribution in [-0.2, 0) is 0 Å². The molecule has 1 saturated carbocycles. The number of rotatable bonds is 4. The third-order valence-electron chi connectivity index (χ3n) is 4.13. The number of nitrogen functional groups attached to an aromatic ring is 1. The lowest BCUT2D eigenvalue weighted by Crippen LogP contribution is -2.26. The molecule has 1 aliphatic rings. The molecule has 3 nitrogen and oxygen atoms in total. The lowest BCUT2D eigenvalue weighted by molar-refractivity contribution is 0.319. The van der Waals surface area contributed by atoms with E-state index in [1.165, 1.54) is 38.5 Å². The molecule has 3 heteroatoms. The fraction of sp³-hybridized carbons (Fsp3) is 0.562. The molecule has 3 N–H and O–H groups in total. The minimum atomic E-state index is 0.504. The van der Waals surface area contributed by atoms with Crippen LogP contribution in [0.25, 0.3) is 0 Å². The quantitative estimate of drug-likeness (QED) is 0.804. The first-order valence-electron chi connectivity index (χ1n) is 7.29. The predicted octanol–water partition coefficient (Wildman–Crippen LogP) is 3.91. The summed E-state index contributed by atoms with van der Waals surface area (Å²) in [6.45, 7) is 2.26. The summed E-state index contributed by atoms with van der Waals surface area (Å²) in [4.78, 5) is 0. The van der Waals surface area contributed by atoms with Gasteiger partial charge in [0.15, 0.2) is 0 Å². The number of para-hydroxylation sites is 1. The molecule has 0 unspecified atom stereocenters. The van der Waals surface area contributed by atoms with Crippen LogP contribution < -0.4 is 11.1 Å². The first-order valence-corrected chi connectivity index (χ1v) is 7.29. The normalized spacial score (nSPS) is 22.7. The van der Waals surface area contributed by atoms with E-state index in [0.717, 1.165) is 11.6 Å². The predicted molar refractivity (Wildman–Crippen MR) is 79.8 cm³/mol. The van der Waals surface area contributed by atoms with Gasteiger partial charge in [-0.2, -0.15) is 5.26 Å². The minimum absolute atomic E-state index is 0.504. The summed E-state index contributed by atoms with van der Waals surface area (Å²) in [7, 11) is 0. The average Bonchev–Trinajstić information content (AvgIpc) is 2.43. The van der Waals surface area contributed by atoms with Crippen molar-refractivity contribution in [2.45, 2.75) is 51.5 Å². The smallest absolute Gasteiger partial charge is 0.101 e. The van der Waals surface area contributed by atoms with Gasteiger partial charge in [0.25, 0.3) is 0 Å². The monoisotopic (exact) mass is 257 g/mol. The molecule has 0 atom stereocenters. The van der Waals surface area contributed by atoms with Crippen molar-refractivity contribution >= 4 is 11.4 Å². The first-order chi connectivity index (χ1) is 9.24. The molecule has 0 aromatic heterocycles. The van der Waals surface area contributed by atoms with E-state index in [-0.39, 0.29) is 0 Å². The minimum Gasteiger partial charge on any atom is -0.396 e. The molecule has 0 radical (unpaired) electrons. The van der Waals surface area contributed by atoms with Gasteiger partial charge in [0.05, 0.1) is 16.9 Å². The van der Waals surface area contributed by atoms with Crippen LogP contribution in [0, 0.1) is 17.2 Å². The van der Waals surface area contributed by atoms with Crippen LogP contribution in [-0.4, -0.2) is 6.04 Å². The zero-order valence-electron chi connectivity index (χ0n) is 11.7. The Labute approximate surface area is 115 Å². The highest BCUT2D eigenvalue weighted by atomic mass is 14.9. The van der Waals surface area contributed by atoms with E-state index in [1.54, 1.807) is 6.07 Å². The van der Waals surface area contributed by atoms with Gasteiger partial charge in [-0.15, -0.1) is 0 Å². The third kappa shape index (κ3) is 3.41. The summed E-state index contributed by atoms with van der Waals surface area (Å²) in [5.41, 5.74) is 8.06. The Kier molecular flexibility index (Phi) is 4.68. The van der Waals surface area contributed by atoms with Crippen LogP contribution in [0.5, 0.6) is 0 Å². The average molecular weight is 257 g/mol. The van der Waals surface area contributed by atoms with E-state index < -0.39 is 0 Å². The van der Waals surface area contributed by atoms with Crippen molar-refractivity contribution in [1.29, 1.82) is 5.26 Å². The molecule has 0 amide bonds. The van der Waals surface area contributed by atoms with Gasteiger partial charge in [0, 0.05) is 6.04 Å². The van der Waals surface area contributed by atoms with Crippen LogP contribution in [0.15, 0.2) is 18.2 Å². The zero-order chi connectivity index (χ0) is 13.7. The summed E-state index contributed by atoms with van der Waals surface area (Å²) < 4.78 is 0. The summed E-state index contributed by atoms with van der Waals surface area (Å²) in [5, 5.41) is 12.5. The Hall–Kier alpha value is -1.69. The fourth-order valence-electron chi connectivity index (χ4n) is 3.01. The van der Waals surface area contributed by atoms with Crippen LogP contribution in [0.3, 0.4) is 0 Å². The van der Waals surface area contributed by atoms with Crippen molar-refractivity contribution in [1.82, 2.24) is 0 Å². The number of nitrogens with zero attached hydrogens (tertiary/aromatic N) is 1. The largest absolute Gasteiger partial charge is 0.396 e. The maximum Gasteiger partial charge on any atom is 0.101 e. The second kappa shape index (κ2) is 6.47. The Bertz CT molecular complexity index is 454. The molecular weight excluding hydrogens is 234 g/mol. The van der Waals surface area contributed by atoms with Gasteiger partial charge in [-0.05, 0) is 43.7 Å². The fourth-order valence-corrected chi connectivity index (χ4v) is 3.01. The van der Waals surface area contributed by atoms with Gasteiger partial charge in [-0.1, -0.05) is 25.8 Å². The van der Waals surface area contributed by atoms with Crippen LogP contribution >= 0.6 is 0 Å². The Morgan fingerprint density at radius 3 is 2.68 bits per heavy atom. The standard InChI is InChI=1S/C16H23N3/c1-2-4-12-7-9-14(10-8-12)19-15-6-3-5-13(11-17)16(15)18/h3,5-6,12,14,19H,2,4,7-10,18H2,1H3. The van der Waals surface area contributed by atoms with Crippen LogP contribution in [0.4, 0.5) is 11.4 Å². The summed E-state index contributed by atoms with van der Waals surface area (Å²) >= 11 is 0. The van der Waals surface area contributed by atoms with Gasteiger partial charge < -0.3 is 11.1 Å². The number of hydrogen-bond donors (Lipinski definition) is 2. The lowest BCUT2D eigenvalue weighted by atomic mass is 9.83. The Morgan fingerprint density at radius 2 is 2.05 bits per heavy atom. The third-order valence-corrected chi connectivity index (χ3v) is 4.13. The van der Waals surface area contributed by atoms with E-state index in [4.69, 9.17) is 11.0 Å². The second-order valence-electron chi connectivity index (χ2n) is 5.53. The second-order valence-corrected chi connectivity index (χ2v) is 5.53. The van der Waals surface area contributed by atoms with Crippen molar-refractivity contribution in [3.8, 4) is 6.07 Å². The summed E-state index contributed by atoms with van der Waals surface area (Å²) in [5.74, 6) is 0.908. The molecule has 0 aliphatic heterocycles. The highest BCUT2D eigenvalue weighted by Crippen LogP contribution is 2.31. The number of hydrogen-bond acceptors (Lipinski definition) is 3. The topological polar surface area (TPSA) is 61.8 Å². The van der Waals surface area contributed by atoms with E-state index >= 15 is 0 Å². The van der Waals surface area contributed by atoms with Gasteiger partial charge in [0.2, 0.25) is 0 Å². The molecule has 1 aromatic rings. The van der Waals surface area contributed by atoms with E-state index in [9.17, 15) is 0 Å². The molecular formula is C16H23N3. The first kappa shape index (κ1) is 13.7. The molecule has 0 bridgehead atoms. The molecule has 0 heterocycles. The van der Waals surface area contributed by atoms with Gasteiger partial charge in [-0.3, -0.25) is 0 Å². The summed E-state index contributed by atoms with van der Waals surface area (Å²) in [6, 6.07) is 8.25.